The molecule has 124 valence electrons. The number of rotatable bonds is 8. The number of carbonyl (C=O) groups is 1. The fraction of sp³-hybridized carbons (Fsp3) is 0.688. The van der Waals surface area contributed by atoms with Gasteiger partial charge in [0.1, 0.15) is 12.0 Å². The van der Waals surface area contributed by atoms with Crippen LogP contribution in [-0.4, -0.2) is 61.1 Å². The van der Waals surface area contributed by atoms with E-state index in [1.54, 1.807) is 6.07 Å². The van der Waals surface area contributed by atoms with E-state index in [1.165, 1.54) is 6.26 Å². The third-order valence-corrected chi connectivity index (χ3v) is 4.19. The average molecular weight is 309 g/mol. The summed E-state index contributed by atoms with van der Waals surface area (Å²) < 4.78 is 11.1. The quantitative estimate of drug-likeness (QED) is 0.784. The summed E-state index contributed by atoms with van der Waals surface area (Å²) in [4.78, 5) is 16.5. The molecule has 0 spiro atoms. The highest BCUT2D eigenvalue weighted by molar-refractivity contribution is 5.94. The van der Waals surface area contributed by atoms with E-state index in [4.69, 9.17) is 14.9 Å². The molecule has 1 saturated heterocycles. The molecule has 2 N–H and O–H groups in total. The van der Waals surface area contributed by atoms with Crippen molar-refractivity contribution in [3.63, 3.8) is 0 Å². The fourth-order valence-corrected chi connectivity index (χ4v) is 2.72. The molecule has 2 heterocycles. The van der Waals surface area contributed by atoms with Crippen molar-refractivity contribution < 1.29 is 13.9 Å². The zero-order valence-corrected chi connectivity index (χ0v) is 13.6. The van der Waals surface area contributed by atoms with Crippen molar-refractivity contribution in [2.24, 2.45) is 5.73 Å². The molecule has 1 aliphatic rings. The third-order valence-electron chi connectivity index (χ3n) is 4.19. The zero-order chi connectivity index (χ0) is 15.9. The van der Waals surface area contributed by atoms with Crippen molar-refractivity contribution in [3.8, 4) is 0 Å². The fourth-order valence-electron chi connectivity index (χ4n) is 2.72. The van der Waals surface area contributed by atoms with E-state index in [2.05, 4.69) is 18.7 Å². The molecule has 1 amide bonds. The minimum absolute atomic E-state index is 0.00158. The van der Waals surface area contributed by atoms with Crippen LogP contribution >= 0.6 is 0 Å². The lowest BCUT2D eigenvalue weighted by Crippen LogP contribution is -2.32. The van der Waals surface area contributed by atoms with Crippen LogP contribution in [-0.2, 0) is 11.3 Å². The van der Waals surface area contributed by atoms with Gasteiger partial charge >= 0.3 is 0 Å². The normalized spacial score (nSPS) is 18.4. The second kappa shape index (κ2) is 8.31. The lowest BCUT2D eigenvalue weighted by Gasteiger charge is -2.20. The summed E-state index contributed by atoms with van der Waals surface area (Å²) in [6.45, 7) is 9.75. The molecular formula is C16H27N3O3. The summed E-state index contributed by atoms with van der Waals surface area (Å²) in [6, 6.07) is 1.72. The predicted molar refractivity (Wildman–Crippen MR) is 84.6 cm³/mol. The Hall–Kier alpha value is -1.37. The number of likely N-dealkylation sites (N-methyl/N-ethyl adjacent to an activating group) is 1. The Morgan fingerprint density at radius 3 is 2.91 bits per heavy atom. The summed E-state index contributed by atoms with van der Waals surface area (Å²) in [7, 11) is 0. The van der Waals surface area contributed by atoms with Crippen LogP contribution in [0.4, 0.5) is 0 Å². The van der Waals surface area contributed by atoms with Crippen molar-refractivity contribution >= 4 is 5.91 Å². The number of carbonyl (C=O) groups excluding carboxylic acids is 1. The summed E-state index contributed by atoms with van der Waals surface area (Å²) in [5.41, 5.74) is 6.07. The van der Waals surface area contributed by atoms with Gasteiger partial charge in [-0.2, -0.15) is 0 Å². The van der Waals surface area contributed by atoms with Crippen LogP contribution < -0.4 is 5.73 Å². The standard InChI is InChI=1S/C16H27N3O3/c1-3-18(4-2)7-8-21-14-5-6-19(11-14)16(20)13-9-15(10-17)22-12-13/h9,12,14H,3-8,10-11,17H2,1-2H3. The highest BCUT2D eigenvalue weighted by Crippen LogP contribution is 2.17. The number of nitrogens with zero attached hydrogens (tertiary/aromatic N) is 2. The Labute approximate surface area is 132 Å². The highest BCUT2D eigenvalue weighted by atomic mass is 16.5. The molecule has 6 nitrogen and oxygen atoms in total. The van der Waals surface area contributed by atoms with Gasteiger partial charge in [0.05, 0.1) is 24.8 Å². The minimum atomic E-state index is -0.00158. The Bertz CT molecular complexity index is 471. The maximum atomic E-state index is 12.4. The van der Waals surface area contributed by atoms with Gasteiger partial charge in [0.15, 0.2) is 0 Å². The van der Waals surface area contributed by atoms with Gasteiger partial charge in [-0.25, -0.2) is 0 Å². The molecule has 0 saturated carbocycles. The number of amides is 1. The van der Waals surface area contributed by atoms with Crippen LogP contribution in [0.25, 0.3) is 0 Å². The third kappa shape index (κ3) is 4.32. The molecule has 1 unspecified atom stereocenters. The van der Waals surface area contributed by atoms with Gasteiger partial charge in [0.25, 0.3) is 5.91 Å². The number of hydrogen-bond donors (Lipinski definition) is 1. The number of furan rings is 1. The molecular weight excluding hydrogens is 282 g/mol. The number of ether oxygens (including phenoxy) is 1. The SMILES string of the molecule is CCN(CC)CCOC1CCN(C(=O)c2coc(CN)c2)C1. The molecule has 6 heteroatoms. The molecule has 0 radical (unpaired) electrons. The summed E-state index contributed by atoms with van der Waals surface area (Å²) in [5, 5.41) is 0. The number of hydrogen-bond acceptors (Lipinski definition) is 5. The van der Waals surface area contributed by atoms with Crippen molar-refractivity contribution in [1.29, 1.82) is 0 Å². The summed E-state index contributed by atoms with van der Waals surface area (Å²) >= 11 is 0. The second-order valence-corrected chi connectivity index (χ2v) is 5.57. The van der Waals surface area contributed by atoms with Crippen LogP contribution in [0.15, 0.2) is 16.7 Å². The molecule has 0 bridgehead atoms. The minimum Gasteiger partial charge on any atom is -0.467 e. The monoisotopic (exact) mass is 309 g/mol. The number of nitrogens with two attached hydrogens (primary N) is 1. The molecule has 2 rings (SSSR count). The van der Waals surface area contributed by atoms with Crippen LogP contribution in [0.1, 0.15) is 36.4 Å². The van der Waals surface area contributed by atoms with E-state index >= 15 is 0 Å². The number of likely N-dealkylation sites (tertiary alicyclic amines) is 1. The largest absolute Gasteiger partial charge is 0.467 e. The Balaban J connectivity index is 1.76. The molecule has 1 aromatic heterocycles. The smallest absolute Gasteiger partial charge is 0.257 e. The van der Waals surface area contributed by atoms with E-state index in [9.17, 15) is 4.79 Å². The Kier molecular flexibility index (Phi) is 6.42. The van der Waals surface area contributed by atoms with Gasteiger partial charge in [0, 0.05) is 19.6 Å². The Morgan fingerprint density at radius 2 is 2.27 bits per heavy atom. The maximum absolute atomic E-state index is 12.4. The average Bonchev–Trinajstić information content (AvgIpc) is 3.20. The maximum Gasteiger partial charge on any atom is 0.257 e. The van der Waals surface area contributed by atoms with E-state index in [1.807, 2.05) is 4.90 Å². The summed E-state index contributed by atoms with van der Waals surface area (Å²) in [5.74, 6) is 0.632. The molecule has 0 aliphatic carbocycles. The molecule has 0 aromatic carbocycles. The van der Waals surface area contributed by atoms with Crippen LogP contribution in [0.5, 0.6) is 0 Å². The zero-order valence-electron chi connectivity index (χ0n) is 13.6. The first-order valence-electron chi connectivity index (χ1n) is 8.08. The first kappa shape index (κ1) is 17.0. The molecule has 1 aromatic rings. The molecule has 1 aliphatic heterocycles. The van der Waals surface area contributed by atoms with E-state index in [0.717, 1.165) is 39.2 Å². The van der Waals surface area contributed by atoms with Gasteiger partial charge in [-0.15, -0.1) is 0 Å². The van der Waals surface area contributed by atoms with Gasteiger partial charge in [0.2, 0.25) is 0 Å². The first-order valence-corrected chi connectivity index (χ1v) is 8.08. The first-order chi connectivity index (χ1) is 10.7. The van der Waals surface area contributed by atoms with Gasteiger partial charge in [-0.3, -0.25) is 4.79 Å². The van der Waals surface area contributed by atoms with E-state index in [-0.39, 0.29) is 12.0 Å². The van der Waals surface area contributed by atoms with Crippen molar-refractivity contribution in [2.75, 3.05) is 39.3 Å². The van der Waals surface area contributed by atoms with Crippen LogP contribution in [0.2, 0.25) is 0 Å². The molecule has 1 atom stereocenters. The molecule has 22 heavy (non-hydrogen) atoms. The van der Waals surface area contributed by atoms with Gasteiger partial charge < -0.3 is 24.7 Å². The second-order valence-electron chi connectivity index (χ2n) is 5.57. The van der Waals surface area contributed by atoms with Crippen LogP contribution in [0, 0.1) is 0 Å². The lowest BCUT2D eigenvalue weighted by atomic mass is 10.2. The van der Waals surface area contributed by atoms with E-state index in [0.29, 0.717) is 24.4 Å². The Morgan fingerprint density at radius 1 is 1.50 bits per heavy atom. The van der Waals surface area contributed by atoms with Crippen LogP contribution in [0.3, 0.4) is 0 Å². The molecule has 1 fully saturated rings. The predicted octanol–water partition coefficient (Wildman–Crippen LogP) is 1.31. The summed E-state index contributed by atoms with van der Waals surface area (Å²) in [6.07, 6.45) is 2.52. The van der Waals surface area contributed by atoms with Gasteiger partial charge in [-0.1, -0.05) is 13.8 Å². The van der Waals surface area contributed by atoms with Crippen molar-refractivity contribution in [2.45, 2.75) is 32.9 Å². The van der Waals surface area contributed by atoms with Gasteiger partial charge in [-0.05, 0) is 25.6 Å². The topological polar surface area (TPSA) is 71.9 Å². The lowest BCUT2D eigenvalue weighted by molar-refractivity contribution is 0.0420. The van der Waals surface area contributed by atoms with Crippen molar-refractivity contribution in [1.82, 2.24) is 9.80 Å². The highest BCUT2D eigenvalue weighted by Gasteiger charge is 2.28. The van der Waals surface area contributed by atoms with E-state index < -0.39 is 0 Å². The van der Waals surface area contributed by atoms with Crippen molar-refractivity contribution in [3.05, 3.63) is 23.7 Å².